The molecule has 2 aromatic carbocycles. The number of rotatable bonds is 8. The van der Waals surface area contributed by atoms with Crippen molar-refractivity contribution in [1.82, 2.24) is 0 Å². The van der Waals surface area contributed by atoms with Gasteiger partial charge in [-0.1, -0.05) is 22.9 Å². The fraction of sp³-hybridized carbons (Fsp3) is 0.238. The Bertz CT molecular complexity index is 905. The van der Waals surface area contributed by atoms with Crippen molar-refractivity contribution in [2.45, 2.75) is 20.3 Å². The first-order valence-corrected chi connectivity index (χ1v) is 9.55. The normalized spacial score (nSPS) is 10.9. The highest BCUT2D eigenvalue weighted by atomic mass is 79.9. The molecule has 0 heterocycles. The van der Waals surface area contributed by atoms with Crippen LogP contribution in [0, 0.1) is 17.1 Å². The van der Waals surface area contributed by atoms with E-state index in [2.05, 4.69) is 21.2 Å². The number of carbonyl (C=O) groups excluding carboxylic acids is 1. The van der Waals surface area contributed by atoms with Crippen molar-refractivity contribution in [2.24, 2.45) is 0 Å². The Balaban J connectivity index is 2.31. The van der Waals surface area contributed by atoms with E-state index < -0.39 is 11.7 Å². The van der Waals surface area contributed by atoms with E-state index in [0.717, 1.165) is 6.42 Å². The Kier molecular flexibility index (Phi) is 8.02. The van der Waals surface area contributed by atoms with Crippen molar-refractivity contribution < 1.29 is 18.7 Å². The minimum Gasteiger partial charge on any atom is -0.490 e. The van der Waals surface area contributed by atoms with Gasteiger partial charge >= 0.3 is 0 Å². The Morgan fingerprint density at radius 2 is 1.89 bits per heavy atom. The Labute approximate surface area is 171 Å². The van der Waals surface area contributed by atoms with Crippen molar-refractivity contribution >= 4 is 33.6 Å². The molecule has 0 bridgehead atoms. The van der Waals surface area contributed by atoms with E-state index in [1.54, 1.807) is 12.1 Å². The lowest BCUT2D eigenvalue weighted by molar-refractivity contribution is -0.112. The predicted molar refractivity (Wildman–Crippen MR) is 110 cm³/mol. The second kappa shape index (κ2) is 10.5. The van der Waals surface area contributed by atoms with E-state index in [0.29, 0.717) is 40.4 Å². The van der Waals surface area contributed by atoms with Gasteiger partial charge < -0.3 is 14.8 Å². The lowest BCUT2D eigenvalue weighted by Crippen LogP contribution is -2.13. The smallest absolute Gasteiger partial charge is 0.266 e. The molecule has 28 heavy (non-hydrogen) atoms. The Hall–Kier alpha value is -2.85. The molecule has 1 amide bonds. The molecule has 7 heteroatoms. The Morgan fingerprint density at radius 3 is 2.50 bits per heavy atom. The number of anilines is 1. The summed E-state index contributed by atoms with van der Waals surface area (Å²) in [6.07, 6.45) is 2.31. The summed E-state index contributed by atoms with van der Waals surface area (Å²) in [7, 11) is 0. The van der Waals surface area contributed by atoms with Gasteiger partial charge in [0.25, 0.3) is 5.91 Å². The van der Waals surface area contributed by atoms with Gasteiger partial charge in [0.05, 0.1) is 13.2 Å². The summed E-state index contributed by atoms with van der Waals surface area (Å²) in [4.78, 5) is 12.4. The molecular weight excluding hydrogens is 427 g/mol. The number of ether oxygens (including phenoxy) is 2. The molecule has 0 atom stereocenters. The van der Waals surface area contributed by atoms with Gasteiger partial charge in [-0.3, -0.25) is 4.79 Å². The van der Waals surface area contributed by atoms with Crippen LogP contribution in [0.1, 0.15) is 25.8 Å². The van der Waals surface area contributed by atoms with E-state index in [1.165, 1.54) is 30.3 Å². The molecule has 0 aliphatic heterocycles. The molecule has 0 saturated heterocycles. The molecule has 0 unspecified atom stereocenters. The van der Waals surface area contributed by atoms with Crippen molar-refractivity contribution in [1.29, 1.82) is 5.26 Å². The van der Waals surface area contributed by atoms with Crippen LogP contribution in [0.4, 0.5) is 10.1 Å². The van der Waals surface area contributed by atoms with Crippen LogP contribution in [0.15, 0.2) is 46.4 Å². The summed E-state index contributed by atoms with van der Waals surface area (Å²) in [5, 5.41) is 12.0. The summed E-state index contributed by atoms with van der Waals surface area (Å²) < 4.78 is 25.0. The highest BCUT2D eigenvalue weighted by Gasteiger charge is 2.14. The van der Waals surface area contributed by atoms with Crippen molar-refractivity contribution in [3.05, 3.63) is 57.8 Å². The zero-order valence-corrected chi connectivity index (χ0v) is 17.2. The van der Waals surface area contributed by atoms with Crippen LogP contribution < -0.4 is 14.8 Å². The molecule has 1 N–H and O–H groups in total. The van der Waals surface area contributed by atoms with E-state index in [-0.39, 0.29) is 5.57 Å². The van der Waals surface area contributed by atoms with Gasteiger partial charge in [-0.25, -0.2) is 4.39 Å². The largest absolute Gasteiger partial charge is 0.490 e. The van der Waals surface area contributed by atoms with Crippen LogP contribution in [0.5, 0.6) is 11.5 Å². The summed E-state index contributed by atoms with van der Waals surface area (Å²) in [5.74, 6) is 0.112. The fourth-order valence-corrected chi connectivity index (χ4v) is 2.73. The summed E-state index contributed by atoms with van der Waals surface area (Å²) in [6.45, 7) is 4.86. The second-order valence-corrected chi connectivity index (χ2v) is 6.59. The number of amides is 1. The molecule has 0 aromatic heterocycles. The molecule has 0 aliphatic rings. The van der Waals surface area contributed by atoms with E-state index in [4.69, 9.17) is 9.47 Å². The number of halogens is 2. The monoisotopic (exact) mass is 446 g/mol. The molecule has 2 rings (SSSR count). The number of hydrogen-bond acceptors (Lipinski definition) is 4. The topological polar surface area (TPSA) is 71.3 Å². The predicted octanol–water partition coefficient (Wildman–Crippen LogP) is 5.32. The minimum atomic E-state index is -0.592. The first-order valence-electron chi connectivity index (χ1n) is 8.76. The maximum absolute atomic E-state index is 13.0. The van der Waals surface area contributed by atoms with Gasteiger partial charge in [0.1, 0.15) is 17.5 Å². The number of nitrogens with one attached hydrogen (secondary N) is 1. The maximum atomic E-state index is 13.0. The van der Waals surface area contributed by atoms with E-state index >= 15 is 0 Å². The van der Waals surface area contributed by atoms with Crippen LogP contribution in [-0.4, -0.2) is 19.1 Å². The third-order valence-electron chi connectivity index (χ3n) is 3.59. The average molecular weight is 447 g/mol. The van der Waals surface area contributed by atoms with Crippen LogP contribution in [-0.2, 0) is 4.79 Å². The molecular formula is C21H20BrFN2O3. The van der Waals surface area contributed by atoms with Crippen LogP contribution >= 0.6 is 15.9 Å². The number of carbonyl (C=O) groups is 1. The van der Waals surface area contributed by atoms with Gasteiger partial charge in [0.2, 0.25) is 0 Å². The third-order valence-corrected chi connectivity index (χ3v) is 4.28. The van der Waals surface area contributed by atoms with Gasteiger partial charge in [0, 0.05) is 10.2 Å². The first-order chi connectivity index (χ1) is 13.5. The fourth-order valence-electron chi connectivity index (χ4n) is 2.29. The van der Waals surface area contributed by atoms with Gasteiger partial charge in [0.15, 0.2) is 11.5 Å². The zero-order valence-electron chi connectivity index (χ0n) is 15.6. The summed E-state index contributed by atoms with van der Waals surface area (Å²) in [5.41, 5.74) is 0.887. The molecule has 0 aliphatic carbocycles. The van der Waals surface area contributed by atoms with Crippen molar-refractivity contribution in [3.63, 3.8) is 0 Å². The molecule has 0 spiro atoms. The van der Waals surface area contributed by atoms with Crippen LogP contribution in [0.3, 0.4) is 0 Å². The third kappa shape index (κ3) is 5.83. The summed E-state index contributed by atoms with van der Waals surface area (Å²) >= 11 is 3.44. The highest BCUT2D eigenvalue weighted by Crippen LogP contribution is 2.35. The van der Waals surface area contributed by atoms with Crippen LogP contribution in [0.25, 0.3) is 6.08 Å². The van der Waals surface area contributed by atoms with Crippen molar-refractivity contribution in [2.75, 3.05) is 18.5 Å². The zero-order chi connectivity index (χ0) is 20.5. The quantitative estimate of drug-likeness (QED) is 0.439. The molecule has 0 saturated carbocycles. The van der Waals surface area contributed by atoms with Crippen LogP contribution in [0.2, 0.25) is 0 Å². The van der Waals surface area contributed by atoms with Gasteiger partial charge in [-0.15, -0.1) is 0 Å². The Morgan fingerprint density at radius 1 is 1.21 bits per heavy atom. The lowest BCUT2D eigenvalue weighted by atomic mass is 10.1. The van der Waals surface area contributed by atoms with Gasteiger partial charge in [-0.05, 0) is 61.4 Å². The lowest BCUT2D eigenvalue weighted by Gasteiger charge is -2.13. The number of nitriles is 1. The van der Waals surface area contributed by atoms with Crippen molar-refractivity contribution in [3.8, 4) is 17.6 Å². The summed E-state index contributed by atoms with van der Waals surface area (Å²) in [6, 6.07) is 10.6. The van der Waals surface area contributed by atoms with Gasteiger partial charge in [-0.2, -0.15) is 5.26 Å². The standard InChI is InChI=1S/C21H20BrFN2O3/c1-3-9-28-20-12-18(22)14(11-19(20)27-4-2)10-15(13-24)21(26)25-17-7-5-16(23)6-8-17/h5-8,10-12H,3-4,9H2,1-2H3,(H,25,26)/b15-10+. The average Bonchev–Trinajstić information content (AvgIpc) is 2.68. The molecule has 2 aromatic rings. The minimum absolute atomic E-state index is 0.102. The maximum Gasteiger partial charge on any atom is 0.266 e. The molecule has 5 nitrogen and oxygen atoms in total. The van der Waals surface area contributed by atoms with E-state index in [1.807, 2.05) is 19.9 Å². The molecule has 146 valence electrons. The number of hydrogen-bond donors (Lipinski definition) is 1. The van der Waals surface area contributed by atoms with E-state index in [9.17, 15) is 14.4 Å². The number of nitrogens with zero attached hydrogens (tertiary/aromatic N) is 1. The SMILES string of the molecule is CCCOc1cc(Br)c(/C=C(\C#N)C(=O)Nc2ccc(F)cc2)cc1OCC. The molecule has 0 fully saturated rings. The second-order valence-electron chi connectivity index (χ2n) is 5.73. The first kappa shape index (κ1) is 21.5. The highest BCUT2D eigenvalue weighted by molar-refractivity contribution is 9.10. The molecule has 0 radical (unpaired) electrons. The number of benzene rings is 2.